The fourth-order valence-corrected chi connectivity index (χ4v) is 3.99. The van der Waals surface area contributed by atoms with E-state index in [4.69, 9.17) is 0 Å². The zero-order valence-corrected chi connectivity index (χ0v) is 17.4. The number of likely N-dealkylation sites (N-methyl/N-ethyl adjacent to an activating group) is 1. The molecule has 0 atom stereocenters. The number of rotatable bonds is 6. The van der Waals surface area contributed by atoms with Crippen LogP contribution in [-0.4, -0.2) is 71.2 Å². The number of amides is 2. The van der Waals surface area contributed by atoms with E-state index in [-0.39, 0.29) is 24.0 Å². The summed E-state index contributed by atoms with van der Waals surface area (Å²) in [4.78, 5) is 42.7. The molecule has 0 spiro atoms. The number of carbonyl (C=O) groups excluding carboxylic acids is 2. The second-order valence-electron chi connectivity index (χ2n) is 7.82. The molecule has 2 aliphatic rings. The van der Waals surface area contributed by atoms with Crippen molar-refractivity contribution >= 4 is 23.1 Å². The molecule has 2 amide bonds. The first-order chi connectivity index (χ1) is 15.0. The van der Waals surface area contributed by atoms with Crippen LogP contribution in [-0.2, 0) is 16.0 Å². The van der Waals surface area contributed by atoms with Gasteiger partial charge in [-0.05, 0) is 36.7 Å². The predicted octanol–water partition coefficient (Wildman–Crippen LogP) is 2.16. The van der Waals surface area contributed by atoms with Crippen molar-refractivity contribution in [2.24, 2.45) is 0 Å². The number of hydrogen-bond acceptors (Lipinski definition) is 6. The zero-order chi connectivity index (χ0) is 22.0. The summed E-state index contributed by atoms with van der Waals surface area (Å²) in [6, 6.07) is 15.6. The molecule has 2 aromatic carbocycles. The second-order valence-corrected chi connectivity index (χ2v) is 7.82. The minimum absolute atomic E-state index is 0.0526. The maximum Gasteiger partial charge on any atom is 0.277 e. The Bertz CT molecular complexity index is 1030. The predicted molar refractivity (Wildman–Crippen MR) is 116 cm³/mol. The second kappa shape index (κ2) is 8.69. The number of nitrogens with zero attached hydrogens (tertiary/aromatic N) is 4. The highest BCUT2D eigenvalue weighted by Gasteiger charge is 2.41. The molecule has 8 heteroatoms. The van der Waals surface area contributed by atoms with E-state index in [1.165, 1.54) is 17.0 Å². The molecule has 2 aliphatic heterocycles. The fourth-order valence-electron chi connectivity index (χ4n) is 3.99. The van der Waals surface area contributed by atoms with Gasteiger partial charge in [-0.1, -0.05) is 30.3 Å². The van der Waals surface area contributed by atoms with Crippen LogP contribution >= 0.6 is 0 Å². The summed E-state index contributed by atoms with van der Waals surface area (Å²) in [5, 5.41) is 11.0. The summed E-state index contributed by atoms with van der Waals surface area (Å²) in [5.74, 6) is -0.637. The molecule has 0 N–H and O–H groups in total. The van der Waals surface area contributed by atoms with E-state index in [0.717, 1.165) is 18.7 Å². The van der Waals surface area contributed by atoms with Crippen molar-refractivity contribution in [3.63, 3.8) is 0 Å². The third-order valence-corrected chi connectivity index (χ3v) is 5.80. The van der Waals surface area contributed by atoms with Crippen molar-refractivity contribution in [1.82, 2.24) is 14.7 Å². The smallest absolute Gasteiger partial charge is 0.277 e. The van der Waals surface area contributed by atoms with Gasteiger partial charge in [0.15, 0.2) is 0 Å². The summed E-state index contributed by atoms with van der Waals surface area (Å²) >= 11 is 0. The maximum atomic E-state index is 13.4. The van der Waals surface area contributed by atoms with Gasteiger partial charge in [-0.3, -0.25) is 24.6 Å². The molecule has 160 valence electrons. The quantitative estimate of drug-likeness (QED) is 0.404. The first-order valence-corrected chi connectivity index (χ1v) is 10.3. The van der Waals surface area contributed by atoms with Crippen LogP contribution in [0.4, 0.5) is 5.69 Å². The van der Waals surface area contributed by atoms with Crippen LogP contribution in [0.3, 0.4) is 0 Å². The van der Waals surface area contributed by atoms with Gasteiger partial charge in [0.2, 0.25) is 0 Å². The number of imide groups is 1. The Balaban J connectivity index is 1.66. The first kappa shape index (κ1) is 20.7. The molecular formula is C23H24N4O4. The summed E-state index contributed by atoms with van der Waals surface area (Å²) in [6.45, 7) is 3.17. The molecule has 31 heavy (non-hydrogen) atoms. The summed E-state index contributed by atoms with van der Waals surface area (Å²) < 4.78 is 0. The number of benzene rings is 2. The van der Waals surface area contributed by atoms with E-state index < -0.39 is 4.92 Å². The van der Waals surface area contributed by atoms with E-state index in [9.17, 15) is 19.7 Å². The van der Waals surface area contributed by atoms with Crippen molar-refractivity contribution in [1.29, 1.82) is 0 Å². The average Bonchev–Trinajstić information content (AvgIpc) is 3.03. The van der Waals surface area contributed by atoms with E-state index in [1.54, 1.807) is 12.1 Å². The molecule has 1 fully saturated rings. The van der Waals surface area contributed by atoms with Gasteiger partial charge in [-0.25, -0.2) is 0 Å². The molecule has 0 bridgehead atoms. The molecule has 4 rings (SSSR count). The Morgan fingerprint density at radius 3 is 2.16 bits per heavy atom. The molecule has 1 saturated heterocycles. The van der Waals surface area contributed by atoms with Gasteiger partial charge in [-0.15, -0.1) is 0 Å². The molecule has 2 aromatic rings. The van der Waals surface area contributed by atoms with E-state index >= 15 is 0 Å². The molecular weight excluding hydrogens is 396 g/mol. The number of nitro benzene ring substituents is 1. The summed E-state index contributed by atoms with van der Waals surface area (Å²) in [7, 11) is 2.02. The average molecular weight is 420 g/mol. The van der Waals surface area contributed by atoms with Gasteiger partial charge in [0.05, 0.1) is 10.5 Å². The van der Waals surface area contributed by atoms with E-state index in [1.807, 2.05) is 42.3 Å². The van der Waals surface area contributed by atoms with Crippen LogP contribution < -0.4 is 0 Å². The molecule has 0 aromatic heterocycles. The third kappa shape index (κ3) is 4.20. The number of piperazine rings is 1. The minimum Gasteiger partial charge on any atom is -0.364 e. The van der Waals surface area contributed by atoms with Crippen LogP contribution in [0.1, 0.15) is 11.1 Å². The molecule has 0 radical (unpaired) electrons. The van der Waals surface area contributed by atoms with Crippen LogP contribution in [0.5, 0.6) is 0 Å². The van der Waals surface area contributed by atoms with Crippen molar-refractivity contribution < 1.29 is 14.5 Å². The fraction of sp³-hybridized carbons (Fsp3) is 0.304. The highest BCUT2D eigenvalue weighted by Crippen LogP contribution is 2.33. The van der Waals surface area contributed by atoms with Crippen molar-refractivity contribution in [2.45, 2.75) is 6.42 Å². The molecule has 8 nitrogen and oxygen atoms in total. The lowest BCUT2D eigenvalue weighted by Gasteiger charge is -2.34. The Labute approximate surface area is 180 Å². The lowest BCUT2D eigenvalue weighted by atomic mass is 10.0. The third-order valence-electron chi connectivity index (χ3n) is 5.80. The lowest BCUT2D eigenvalue weighted by Crippen LogP contribution is -2.46. The number of nitro groups is 1. The highest BCUT2D eigenvalue weighted by molar-refractivity contribution is 6.35. The monoisotopic (exact) mass is 420 g/mol. The number of non-ortho nitro benzene ring substituents is 1. The Hall–Kier alpha value is -3.52. The Kier molecular flexibility index (Phi) is 5.81. The van der Waals surface area contributed by atoms with Crippen LogP contribution in [0.2, 0.25) is 0 Å². The van der Waals surface area contributed by atoms with Gasteiger partial charge in [0.1, 0.15) is 5.70 Å². The molecule has 2 heterocycles. The van der Waals surface area contributed by atoms with Gasteiger partial charge in [0.25, 0.3) is 17.5 Å². The number of carbonyl (C=O) groups is 2. The largest absolute Gasteiger partial charge is 0.364 e. The SMILES string of the molecule is CN1CCN(C2=C(c3ccc([N+](=O)[O-])cc3)C(=O)N(CCc3ccccc3)C2=O)CC1. The van der Waals surface area contributed by atoms with Gasteiger partial charge in [0, 0.05) is 44.9 Å². The standard InChI is InChI=1S/C23H24N4O4/c1-24-13-15-25(16-14-24)21-20(18-7-9-19(10-8-18)27(30)31)22(28)26(23(21)29)12-11-17-5-3-2-4-6-17/h2-10H,11-16H2,1H3. The van der Waals surface area contributed by atoms with Gasteiger partial charge in [-0.2, -0.15) is 0 Å². The highest BCUT2D eigenvalue weighted by atomic mass is 16.6. The molecule has 0 aliphatic carbocycles. The van der Waals surface area contributed by atoms with Gasteiger partial charge < -0.3 is 9.80 Å². The minimum atomic E-state index is -0.479. The lowest BCUT2D eigenvalue weighted by molar-refractivity contribution is -0.384. The maximum absolute atomic E-state index is 13.4. The van der Waals surface area contributed by atoms with Crippen LogP contribution in [0, 0.1) is 10.1 Å². The van der Waals surface area contributed by atoms with Crippen molar-refractivity contribution in [3.05, 3.63) is 81.5 Å². The summed E-state index contributed by atoms with van der Waals surface area (Å²) in [5.41, 5.74) is 2.26. The first-order valence-electron chi connectivity index (χ1n) is 10.3. The van der Waals surface area contributed by atoms with Crippen molar-refractivity contribution in [2.75, 3.05) is 39.8 Å². The van der Waals surface area contributed by atoms with Crippen LogP contribution in [0.15, 0.2) is 60.3 Å². The van der Waals surface area contributed by atoms with Crippen molar-refractivity contribution in [3.8, 4) is 0 Å². The van der Waals surface area contributed by atoms with Crippen LogP contribution in [0.25, 0.3) is 5.57 Å². The zero-order valence-electron chi connectivity index (χ0n) is 17.4. The summed E-state index contributed by atoms with van der Waals surface area (Å²) in [6.07, 6.45) is 0.571. The van der Waals surface area contributed by atoms with E-state index in [2.05, 4.69) is 4.90 Å². The Morgan fingerprint density at radius 1 is 0.903 bits per heavy atom. The number of hydrogen-bond donors (Lipinski definition) is 0. The molecule has 0 saturated carbocycles. The normalized spacial score (nSPS) is 17.6. The van der Waals surface area contributed by atoms with Gasteiger partial charge >= 0.3 is 0 Å². The Morgan fingerprint density at radius 2 is 1.55 bits per heavy atom. The molecule has 0 unspecified atom stereocenters. The topological polar surface area (TPSA) is 87.0 Å². The van der Waals surface area contributed by atoms with E-state index in [0.29, 0.717) is 36.3 Å².